The Bertz CT molecular complexity index is 942. The minimum absolute atomic E-state index is 0.0931. The molecule has 28 heavy (non-hydrogen) atoms. The summed E-state index contributed by atoms with van der Waals surface area (Å²) in [7, 11) is 0. The molecule has 4 rings (SSSR count). The molecule has 2 aromatic heterocycles. The molecule has 1 aliphatic heterocycles. The van der Waals surface area contributed by atoms with Crippen molar-refractivity contribution in [2.45, 2.75) is 29.8 Å². The van der Waals surface area contributed by atoms with Crippen molar-refractivity contribution in [3.05, 3.63) is 48.3 Å². The number of hydrogen-bond acceptors (Lipinski definition) is 6. The summed E-state index contributed by atoms with van der Waals surface area (Å²) in [4.78, 5) is 23.5. The van der Waals surface area contributed by atoms with Gasteiger partial charge in [-0.2, -0.15) is 0 Å². The number of benzene rings is 1. The van der Waals surface area contributed by atoms with Crippen molar-refractivity contribution in [3.8, 4) is 0 Å². The number of fused-ring (bicyclic) bond motifs is 1. The van der Waals surface area contributed by atoms with Gasteiger partial charge in [-0.05, 0) is 48.9 Å². The van der Waals surface area contributed by atoms with Crippen LogP contribution in [0.2, 0.25) is 0 Å². The van der Waals surface area contributed by atoms with Crippen molar-refractivity contribution in [3.63, 3.8) is 0 Å². The summed E-state index contributed by atoms with van der Waals surface area (Å²) in [6.07, 6.45) is 7.68. The molecule has 2 amide bonds. The number of carbonyl (C=O) groups is 1. The number of urea groups is 1. The predicted molar refractivity (Wildman–Crippen MR) is 114 cm³/mol. The number of pyridine rings is 1. The number of thiazole rings is 1. The lowest BCUT2D eigenvalue weighted by Crippen LogP contribution is -2.39. The minimum Gasteiger partial charge on any atom is -0.376 e. The van der Waals surface area contributed by atoms with E-state index in [2.05, 4.69) is 15.3 Å². The van der Waals surface area contributed by atoms with Crippen LogP contribution in [0.1, 0.15) is 18.4 Å². The van der Waals surface area contributed by atoms with E-state index in [0.29, 0.717) is 13.1 Å². The number of hydrogen-bond donors (Lipinski definition) is 1. The van der Waals surface area contributed by atoms with E-state index in [1.165, 1.54) is 0 Å². The van der Waals surface area contributed by atoms with Gasteiger partial charge in [-0.25, -0.2) is 9.78 Å². The van der Waals surface area contributed by atoms with E-state index in [4.69, 9.17) is 4.74 Å². The number of nitrogens with zero attached hydrogens (tertiary/aromatic N) is 3. The van der Waals surface area contributed by atoms with Crippen LogP contribution in [-0.2, 0) is 11.3 Å². The van der Waals surface area contributed by atoms with Crippen molar-refractivity contribution < 1.29 is 9.53 Å². The quantitative estimate of drug-likeness (QED) is 0.596. The number of ether oxygens (including phenoxy) is 1. The maximum Gasteiger partial charge on any atom is 0.322 e. The summed E-state index contributed by atoms with van der Waals surface area (Å²) in [5.74, 6) is 0. The van der Waals surface area contributed by atoms with Gasteiger partial charge in [-0.15, -0.1) is 11.3 Å². The lowest BCUT2D eigenvalue weighted by atomic mass is 10.2. The molecule has 1 aromatic carbocycles. The van der Waals surface area contributed by atoms with Gasteiger partial charge in [0.25, 0.3) is 0 Å². The summed E-state index contributed by atoms with van der Waals surface area (Å²) in [6.45, 7) is 1.84. The molecule has 146 valence electrons. The molecule has 0 bridgehead atoms. The molecule has 1 N–H and O–H groups in total. The van der Waals surface area contributed by atoms with E-state index in [-0.39, 0.29) is 12.1 Å². The fraction of sp³-hybridized carbons (Fsp3) is 0.350. The number of anilines is 1. The Morgan fingerprint density at radius 3 is 3.11 bits per heavy atom. The summed E-state index contributed by atoms with van der Waals surface area (Å²) >= 11 is 3.26. The number of aromatic nitrogens is 2. The first-order chi connectivity index (χ1) is 13.7. The number of amides is 2. The number of rotatable bonds is 6. The van der Waals surface area contributed by atoms with E-state index >= 15 is 0 Å². The molecule has 8 heteroatoms. The monoisotopic (exact) mass is 414 g/mol. The third-order valence-electron chi connectivity index (χ3n) is 4.63. The van der Waals surface area contributed by atoms with Crippen molar-refractivity contribution in [1.82, 2.24) is 14.9 Å². The molecule has 6 nitrogen and oxygen atoms in total. The third-order valence-corrected chi connectivity index (χ3v) is 6.63. The molecule has 3 heterocycles. The topological polar surface area (TPSA) is 67.4 Å². The van der Waals surface area contributed by atoms with E-state index in [1.807, 2.05) is 36.6 Å². The van der Waals surface area contributed by atoms with Gasteiger partial charge < -0.3 is 15.0 Å². The first-order valence-electron chi connectivity index (χ1n) is 9.22. The zero-order valence-electron chi connectivity index (χ0n) is 15.6. The number of carbonyl (C=O) groups excluding carboxylic acids is 1. The molecule has 0 radical (unpaired) electrons. The van der Waals surface area contributed by atoms with Gasteiger partial charge in [0.2, 0.25) is 0 Å². The second-order valence-electron chi connectivity index (χ2n) is 6.67. The second kappa shape index (κ2) is 8.89. The molecule has 1 fully saturated rings. The summed E-state index contributed by atoms with van der Waals surface area (Å²) in [6, 6.07) is 9.58. The highest BCUT2D eigenvalue weighted by molar-refractivity contribution is 8.00. The highest BCUT2D eigenvalue weighted by Gasteiger charge is 2.23. The highest BCUT2D eigenvalue weighted by atomic mass is 32.2. The van der Waals surface area contributed by atoms with Crippen molar-refractivity contribution in [1.29, 1.82) is 0 Å². The maximum absolute atomic E-state index is 13.0. The second-order valence-corrected chi connectivity index (χ2v) is 8.76. The van der Waals surface area contributed by atoms with Crippen molar-refractivity contribution in [2.75, 3.05) is 24.7 Å². The molecule has 0 saturated carbocycles. The van der Waals surface area contributed by atoms with Gasteiger partial charge in [-0.1, -0.05) is 17.8 Å². The van der Waals surface area contributed by atoms with Gasteiger partial charge in [-0.3, -0.25) is 4.98 Å². The zero-order valence-corrected chi connectivity index (χ0v) is 17.3. The largest absolute Gasteiger partial charge is 0.376 e. The molecule has 3 aromatic rings. The van der Waals surface area contributed by atoms with Crippen LogP contribution in [-0.4, -0.2) is 46.4 Å². The highest BCUT2D eigenvalue weighted by Crippen LogP contribution is 2.30. The molecule has 1 atom stereocenters. The Kier molecular flexibility index (Phi) is 6.09. The van der Waals surface area contributed by atoms with Crippen LogP contribution in [0.15, 0.2) is 47.1 Å². The van der Waals surface area contributed by atoms with Crippen LogP contribution < -0.4 is 5.32 Å². The van der Waals surface area contributed by atoms with Gasteiger partial charge in [0.1, 0.15) is 0 Å². The van der Waals surface area contributed by atoms with Crippen LogP contribution in [0, 0.1) is 0 Å². The smallest absolute Gasteiger partial charge is 0.322 e. The van der Waals surface area contributed by atoms with Crippen LogP contribution in [0.3, 0.4) is 0 Å². The normalized spacial score (nSPS) is 16.4. The summed E-state index contributed by atoms with van der Waals surface area (Å²) in [5.41, 5.74) is 2.73. The maximum atomic E-state index is 13.0. The van der Waals surface area contributed by atoms with Gasteiger partial charge in [0.05, 0.1) is 16.3 Å². The Balaban J connectivity index is 1.50. The Labute approximate surface area is 172 Å². The molecule has 0 spiro atoms. The van der Waals surface area contributed by atoms with Gasteiger partial charge >= 0.3 is 6.03 Å². The molecule has 0 aliphatic carbocycles. The molecule has 1 saturated heterocycles. The van der Waals surface area contributed by atoms with Crippen LogP contribution in [0.4, 0.5) is 10.5 Å². The fourth-order valence-electron chi connectivity index (χ4n) is 3.24. The Morgan fingerprint density at radius 2 is 2.36 bits per heavy atom. The average Bonchev–Trinajstić information content (AvgIpc) is 3.37. The van der Waals surface area contributed by atoms with E-state index in [1.54, 1.807) is 40.4 Å². The number of thioether (sulfide) groups is 1. The predicted octanol–water partition coefficient (Wildman–Crippen LogP) is 4.63. The molecule has 1 aliphatic rings. The SMILES string of the molecule is CSc1nc2ccc(NC(=O)N(Cc3cccnc3)C[C@H]3CCCO3)cc2s1. The Morgan fingerprint density at radius 1 is 1.43 bits per heavy atom. The van der Waals surface area contributed by atoms with Crippen molar-refractivity contribution >= 4 is 45.0 Å². The van der Waals surface area contributed by atoms with Crippen LogP contribution >= 0.6 is 23.1 Å². The van der Waals surface area contributed by atoms with E-state index < -0.39 is 0 Å². The molecule has 0 unspecified atom stereocenters. The molecular weight excluding hydrogens is 392 g/mol. The molecular formula is C20H22N4O2S2. The van der Waals surface area contributed by atoms with E-state index in [0.717, 1.165) is 45.3 Å². The van der Waals surface area contributed by atoms with Crippen LogP contribution in [0.25, 0.3) is 10.2 Å². The minimum atomic E-state index is -0.131. The standard InChI is InChI=1S/C20H22N4O2S2/c1-27-20-23-17-7-6-15(10-18(17)28-20)22-19(25)24(13-16-5-3-9-26-16)12-14-4-2-8-21-11-14/h2,4,6-8,10-11,16H,3,5,9,12-13H2,1H3,(H,22,25)/t16-/m1/s1. The summed E-state index contributed by atoms with van der Waals surface area (Å²) in [5, 5.41) is 3.04. The van der Waals surface area contributed by atoms with E-state index in [9.17, 15) is 4.79 Å². The lowest BCUT2D eigenvalue weighted by molar-refractivity contribution is 0.0819. The van der Waals surface area contributed by atoms with Crippen LogP contribution in [0.5, 0.6) is 0 Å². The Hall–Kier alpha value is -2.16. The van der Waals surface area contributed by atoms with Gasteiger partial charge in [0.15, 0.2) is 4.34 Å². The number of nitrogens with one attached hydrogen (secondary N) is 1. The zero-order chi connectivity index (χ0) is 19.3. The lowest BCUT2D eigenvalue weighted by Gasteiger charge is -2.25. The fourth-order valence-corrected chi connectivity index (χ4v) is 4.77. The summed E-state index contributed by atoms with van der Waals surface area (Å²) < 4.78 is 7.84. The third kappa shape index (κ3) is 4.63. The van der Waals surface area contributed by atoms with Crippen molar-refractivity contribution in [2.24, 2.45) is 0 Å². The first kappa shape index (κ1) is 19.2. The average molecular weight is 415 g/mol. The van der Waals surface area contributed by atoms with Gasteiger partial charge in [0, 0.05) is 37.8 Å². The first-order valence-corrected chi connectivity index (χ1v) is 11.3.